The molecule has 0 N–H and O–H groups in total. The van der Waals surface area contributed by atoms with E-state index in [1.165, 1.54) is 11.3 Å². The lowest BCUT2D eigenvalue weighted by atomic mass is 9.75. The number of anilines is 2. The Morgan fingerprint density at radius 3 is 2.15 bits per heavy atom. The predicted molar refractivity (Wildman–Crippen MR) is 111 cm³/mol. The van der Waals surface area contributed by atoms with Crippen LogP contribution >= 0.6 is 0 Å². The summed E-state index contributed by atoms with van der Waals surface area (Å²) in [6.45, 7) is 13.3. The average Bonchev–Trinajstić information content (AvgIpc) is 2.85. The van der Waals surface area contributed by atoms with Crippen LogP contribution in [0.25, 0.3) is 0 Å². The van der Waals surface area contributed by atoms with E-state index in [4.69, 9.17) is 0 Å². The van der Waals surface area contributed by atoms with Gasteiger partial charge in [0.15, 0.2) is 0 Å². The first-order chi connectivity index (χ1) is 12.6. The Kier molecular flexibility index (Phi) is 3.99. The summed E-state index contributed by atoms with van der Waals surface area (Å²) in [6.07, 6.45) is 6.98. The van der Waals surface area contributed by atoms with Crippen molar-refractivity contribution >= 4 is 11.4 Å². The van der Waals surface area contributed by atoms with Crippen LogP contribution in [0.3, 0.4) is 0 Å². The minimum Gasteiger partial charge on any atom is -0.315 e. The molecular weight excluding hydrogens is 316 g/mol. The van der Waals surface area contributed by atoms with E-state index in [-0.39, 0.29) is 11.6 Å². The van der Waals surface area contributed by atoms with Crippen LogP contribution in [0.1, 0.15) is 32.3 Å². The summed E-state index contributed by atoms with van der Waals surface area (Å²) in [5.74, 6) is 0. The lowest BCUT2D eigenvalue weighted by Gasteiger charge is -2.32. The minimum atomic E-state index is 0.0604. The van der Waals surface area contributed by atoms with E-state index >= 15 is 0 Å². The smallest absolute Gasteiger partial charge is 0.130 e. The third-order valence-corrected chi connectivity index (χ3v) is 6.03. The molecule has 132 valence electrons. The highest BCUT2D eigenvalue weighted by atomic mass is 15.4. The molecule has 2 aromatic rings. The van der Waals surface area contributed by atoms with Gasteiger partial charge in [-0.1, -0.05) is 69.5 Å². The first kappa shape index (κ1) is 16.7. The second-order valence-corrected chi connectivity index (χ2v) is 7.12. The molecule has 2 aliphatic rings. The molecule has 26 heavy (non-hydrogen) atoms. The second kappa shape index (κ2) is 6.21. The molecule has 0 aromatic heterocycles. The van der Waals surface area contributed by atoms with Gasteiger partial charge in [0.05, 0.1) is 11.4 Å². The maximum Gasteiger partial charge on any atom is 0.130 e. The third-order valence-electron chi connectivity index (χ3n) is 6.03. The summed E-state index contributed by atoms with van der Waals surface area (Å²) >= 11 is 0. The Morgan fingerprint density at radius 2 is 1.46 bits per heavy atom. The molecular formula is C24H26N2. The monoisotopic (exact) mass is 342 g/mol. The van der Waals surface area contributed by atoms with Gasteiger partial charge >= 0.3 is 0 Å². The normalized spacial score (nSPS) is 20.8. The summed E-state index contributed by atoms with van der Waals surface area (Å²) in [6, 6.07) is 19.2. The van der Waals surface area contributed by atoms with Gasteiger partial charge in [0.25, 0.3) is 0 Å². The molecule has 2 aromatic carbocycles. The molecule has 1 saturated heterocycles. The van der Waals surface area contributed by atoms with Gasteiger partial charge in [0.2, 0.25) is 0 Å². The zero-order chi connectivity index (χ0) is 18.3. The number of fused-ring (bicyclic) bond motifs is 3. The number of allylic oxidation sites excluding steroid dienone is 1. The quantitative estimate of drug-likeness (QED) is 0.632. The molecule has 2 heterocycles. The molecule has 0 amide bonds. The van der Waals surface area contributed by atoms with Crippen molar-refractivity contribution in [3.63, 3.8) is 0 Å². The van der Waals surface area contributed by atoms with E-state index in [2.05, 4.69) is 97.5 Å². The lowest BCUT2D eigenvalue weighted by Crippen LogP contribution is -2.36. The van der Waals surface area contributed by atoms with Gasteiger partial charge in [-0.25, -0.2) is 0 Å². The van der Waals surface area contributed by atoms with E-state index < -0.39 is 0 Å². The van der Waals surface area contributed by atoms with Crippen LogP contribution < -0.4 is 9.80 Å². The molecule has 2 nitrogen and oxygen atoms in total. The molecule has 1 fully saturated rings. The van der Waals surface area contributed by atoms with Crippen LogP contribution in [0.2, 0.25) is 0 Å². The lowest BCUT2D eigenvalue weighted by molar-refractivity contribution is 0.499. The van der Waals surface area contributed by atoms with Crippen molar-refractivity contribution in [1.29, 1.82) is 0 Å². The number of nitrogens with zero attached hydrogens (tertiary/aromatic N) is 2. The number of hydrogen-bond donors (Lipinski definition) is 0. The molecule has 0 radical (unpaired) electrons. The van der Waals surface area contributed by atoms with Crippen molar-refractivity contribution in [3.8, 4) is 0 Å². The van der Waals surface area contributed by atoms with Gasteiger partial charge in [-0.05, 0) is 42.7 Å². The van der Waals surface area contributed by atoms with Crippen LogP contribution in [0.15, 0.2) is 91.3 Å². The van der Waals surface area contributed by atoms with Crippen LogP contribution in [0, 0.1) is 0 Å². The van der Waals surface area contributed by atoms with Gasteiger partial charge in [0, 0.05) is 16.8 Å². The van der Waals surface area contributed by atoms with E-state index in [1.54, 1.807) is 0 Å². The van der Waals surface area contributed by atoms with Crippen molar-refractivity contribution in [2.75, 3.05) is 9.80 Å². The molecule has 2 aliphatic heterocycles. The number of para-hydroxylation sites is 2. The van der Waals surface area contributed by atoms with E-state index in [1.807, 2.05) is 6.07 Å². The van der Waals surface area contributed by atoms with Crippen molar-refractivity contribution in [1.82, 2.24) is 0 Å². The first-order valence-electron chi connectivity index (χ1n) is 9.43. The average molecular weight is 342 g/mol. The molecule has 0 bridgehead atoms. The predicted octanol–water partition coefficient (Wildman–Crippen LogP) is 5.99. The molecule has 2 heteroatoms. The standard InChI is InChI=1S/C24H26N2/c1-5-24(6-2)17-16-23-25(20-12-8-7-9-13-20)18(3)19(4)26(23)22-15-11-10-14-21(22)24/h7-17,23H,3-6H2,1-2H3. The highest BCUT2D eigenvalue weighted by molar-refractivity contribution is 5.76. The van der Waals surface area contributed by atoms with Gasteiger partial charge in [-0.15, -0.1) is 0 Å². The fourth-order valence-electron chi connectivity index (χ4n) is 4.40. The number of rotatable bonds is 3. The minimum absolute atomic E-state index is 0.0604. The summed E-state index contributed by atoms with van der Waals surface area (Å²) in [7, 11) is 0. The molecule has 0 spiro atoms. The van der Waals surface area contributed by atoms with Crippen LogP contribution in [-0.2, 0) is 5.41 Å². The maximum absolute atomic E-state index is 4.39. The van der Waals surface area contributed by atoms with Crippen LogP contribution in [-0.4, -0.2) is 6.17 Å². The van der Waals surface area contributed by atoms with Crippen LogP contribution in [0.5, 0.6) is 0 Å². The SMILES string of the molecule is C=C1C(=C)N2c3ccccc3C(CC)(CC)C=CC2N1c1ccccc1. The summed E-state index contributed by atoms with van der Waals surface area (Å²) in [4.78, 5) is 4.63. The molecule has 0 aliphatic carbocycles. The van der Waals surface area contributed by atoms with E-state index in [0.717, 1.165) is 29.9 Å². The maximum atomic E-state index is 4.39. The fraction of sp³-hybridized carbons (Fsp3) is 0.250. The van der Waals surface area contributed by atoms with Gasteiger partial charge in [0.1, 0.15) is 6.17 Å². The summed E-state index contributed by atoms with van der Waals surface area (Å²) < 4.78 is 0. The Labute approximate surface area is 156 Å². The largest absolute Gasteiger partial charge is 0.315 e. The Balaban J connectivity index is 1.93. The van der Waals surface area contributed by atoms with Crippen molar-refractivity contribution in [3.05, 3.63) is 96.9 Å². The summed E-state index contributed by atoms with van der Waals surface area (Å²) in [5.41, 5.74) is 5.77. The third kappa shape index (κ3) is 2.25. The number of hydrogen-bond acceptors (Lipinski definition) is 2. The molecule has 0 saturated carbocycles. The van der Waals surface area contributed by atoms with Gasteiger partial charge in [-0.3, -0.25) is 0 Å². The zero-order valence-corrected chi connectivity index (χ0v) is 15.7. The van der Waals surface area contributed by atoms with Crippen molar-refractivity contribution < 1.29 is 0 Å². The number of benzene rings is 2. The topological polar surface area (TPSA) is 6.48 Å². The van der Waals surface area contributed by atoms with Gasteiger partial charge < -0.3 is 9.80 Å². The van der Waals surface area contributed by atoms with Crippen molar-refractivity contribution in [2.45, 2.75) is 38.3 Å². The fourth-order valence-corrected chi connectivity index (χ4v) is 4.40. The second-order valence-electron chi connectivity index (χ2n) is 7.12. The van der Waals surface area contributed by atoms with Gasteiger partial charge in [-0.2, -0.15) is 0 Å². The molecule has 1 atom stereocenters. The van der Waals surface area contributed by atoms with E-state index in [9.17, 15) is 0 Å². The van der Waals surface area contributed by atoms with E-state index in [0.29, 0.717) is 0 Å². The van der Waals surface area contributed by atoms with Crippen molar-refractivity contribution in [2.24, 2.45) is 0 Å². The Bertz CT molecular complexity index is 874. The highest BCUT2D eigenvalue weighted by Gasteiger charge is 2.42. The Hall–Kier alpha value is -2.74. The van der Waals surface area contributed by atoms with Crippen LogP contribution in [0.4, 0.5) is 11.4 Å². The molecule has 4 rings (SSSR count). The molecule has 1 unspecified atom stereocenters. The highest BCUT2D eigenvalue weighted by Crippen LogP contribution is 2.48. The zero-order valence-electron chi connectivity index (χ0n) is 15.7. The summed E-state index contributed by atoms with van der Waals surface area (Å²) in [5, 5.41) is 0. The first-order valence-corrected chi connectivity index (χ1v) is 9.43. The Morgan fingerprint density at radius 1 is 0.846 bits per heavy atom.